The lowest BCUT2D eigenvalue weighted by molar-refractivity contribution is -0.152. The smallest absolute Gasteiger partial charge is 0.326 e. The van der Waals surface area contributed by atoms with Gasteiger partial charge in [0.05, 0.1) is 11.9 Å². The minimum absolute atomic E-state index is 0.00319. The molecule has 0 aliphatic carbocycles. The van der Waals surface area contributed by atoms with Crippen molar-refractivity contribution in [1.29, 1.82) is 0 Å². The Morgan fingerprint density at radius 3 is 2.89 bits per heavy atom. The molecule has 2 rings (SSSR count). The number of amides is 1. The zero-order valence-electron chi connectivity index (χ0n) is 10.5. The molecule has 1 fully saturated rings. The highest BCUT2D eigenvalue weighted by atomic mass is 16.4. The topological polar surface area (TPSA) is 114 Å². The Morgan fingerprint density at radius 1 is 1.47 bits per heavy atom. The highest BCUT2D eigenvalue weighted by Gasteiger charge is 2.31. The number of aliphatic carboxylic acids is 1. The van der Waals surface area contributed by atoms with E-state index in [2.05, 4.69) is 10.3 Å². The molecule has 2 heterocycles. The molecule has 104 valence electrons. The van der Waals surface area contributed by atoms with E-state index in [1.54, 1.807) is 6.20 Å². The summed E-state index contributed by atoms with van der Waals surface area (Å²) in [7, 11) is 0. The summed E-state index contributed by atoms with van der Waals surface area (Å²) < 4.78 is 1.39. The zero-order chi connectivity index (χ0) is 13.8. The van der Waals surface area contributed by atoms with Gasteiger partial charge in [-0.1, -0.05) is 5.21 Å². The van der Waals surface area contributed by atoms with Crippen LogP contribution in [0.5, 0.6) is 0 Å². The molecule has 0 radical (unpaired) electrons. The van der Waals surface area contributed by atoms with Crippen molar-refractivity contribution in [2.24, 2.45) is 5.73 Å². The molecule has 8 heteroatoms. The lowest BCUT2D eigenvalue weighted by Crippen LogP contribution is -2.49. The predicted octanol–water partition coefficient (Wildman–Crippen LogP) is -0.797. The van der Waals surface area contributed by atoms with Gasteiger partial charge in [-0.2, -0.15) is 0 Å². The standard InChI is InChI=1S/C11H17N5O3/c12-5-8-6-15(14-13-8)7-10(17)16-4-2-1-3-9(16)11(18)19/h6,9H,1-5,7,12H2,(H,18,19)/t9-/m0/s1. The second-order valence-corrected chi connectivity index (χ2v) is 4.55. The van der Waals surface area contributed by atoms with Crippen molar-refractivity contribution < 1.29 is 14.7 Å². The molecule has 1 aromatic rings. The minimum Gasteiger partial charge on any atom is -0.480 e. The molecule has 1 saturated heterocycles. The number of carbonyl (C=O) groups excluding carboxylic acids is 1. The van der Waals surface area contributed by atoms with Crippen molar-refractivity contribution in [2.45, 2.75) is 38.4 Å². The van der Waals surface area contributed by atoms with Crippen LogP contribution in [-0.4, -0.2) is 49.5 Å². The SMILES string of the molecule is NCc1cn(CC(=O)N2CCCC[C@H]2C(=O)O)nn1. The van der Waals surface area contributed by atoms with Gasteiger partial charge < -0.3 is 15.7 Å². The van der Waals surface area contributed by atoms with Gasteiger partial charge in [-0.15, -0.1) is 5.10 Å². The van der Waals surface area contributed by atoms with Crippen LogP contribution in [-0.2, 0) is 22.7 Å². The van der Waals surface area contributed by atoms with Crippen LogP contribution in [0.4, 0.5) is 0 Å². The Morgan fingerprint density at radius 2 is 2.26 bits per heavy atom. The number of likely N-dealkylation sites (tertiary alicyclic amines) is 1. The first-order valence-electron chi connectivity index (χ1n) is 6.23. The number of aromatic nitrogens is 3. The molecule has 1 aliphatic heterocycles. The van der Waals surface area contributed by atoms with E-state index < -0.39 is 12.0 Å². The number of carbonyl (C=O) groups is 2. The predicted molar refractivity (Wildman–Crippen MR) is 64.9 cm³/mol. The van der Waals surface area contributed by atoms with Crippen LogP contribution in [0.1, 0.15) is 25.0 Å². The van der Waals surface area contributed by atoms with Crippen molar-refractivity contribution in [2.75, 3.05) is 6.54 Å². The van der Waals surface area contributed by atoms with Gasteiger partial charge in [-0.05, 0) is 19.3 Å². The van der Waals surface area contributed by atoms with Gasteiger partial charge in [-0.3, -0.25) is 4.79 Å². The van der Waals surface area contributed by atoms with Gasteiger partial charge >= 0.3 is 5.97 Å². The Balaban J connectivity index is 2.03. The summed E-state index contributed by atoms with van der Waals surface area (Å²) in [6, 6.07) is -0.723. The van der Waals surface area contributed by atoms with E-state index >= 15 is 0 Å². The van der Waals surface area contributed by atoms with Crippen LogP contribution in [0.15, 0.2) is 6.20 Å². The summed E-state index contributed by atoms with van der Waals surface area (Å²) in [6.07, 6.45) is 3.77. The third kappa shape index (κ3) is 3.08. The third-order valence-corrected chi connectivity index (χ3v) is 3.20. The van der Waals surface area contributed by atoms with Crippen molar-refractivity contribution in [1.82, 2.24) is 19.9 Å². The molecule has 8 nitrogen and oxygen atoms in total. The van der Waals surface area contributed by atoms with Crippen LogP contribution in [0.3, 0.4) is 0 Å². The Hall–Kier alpha value is -1.96. The Bertz CT molecular complexity index is 473. The maximum Gasteiger partial charge on any atom is 0.326 e. The van der Waals surface area contributed by atoms with E-state index in [9.17, 15) is 9.59 Å². The molecule has 0 bridgehead atoms. The lowest BCUT2D eigenvalue weighted by atomic mass is 10.0. The highest BCUT2D eigenvalue weighted by molar-refractivity contribution is 5.83. The van der Waals surface area contributed by atoms with Crippen molar-refractivity contribution >= 4 is 11.9 Å². The fourth-order valence-electron chi connectivity index (χ4n) is 2.23. The van der Waals surface area contributed by atoms with E-state index in [0.717, 1.165) is 12.8 Å². The van der Waals surface area contributed by atoms with Gasteiger partial charge in [0, 0.05) is 13.1 Å². The number of hydrogen-bond donors (Lipinski definition) is 2. The second-order valence-electron chi connectivity index (χ2n) is 4.55. The van der Waals surface area contributed by atoms with E-state index in [0.29, 0.717) is 18.7 Å². The molecule has 0 spiro atoms. The first-order valence-corrected chi connectivity index (χ1v) is 6.23. The van der Waals surface area contributed by atoms with Crippen LogP contribution in [0.25, 0.3) is 0 Å². The number of rotatable bonds is 4. The summed E-state index contributed by atoms with van der Waals surface area (Å²) >= 11 is 0. The second kappa shape index (κ2) is 5.79. The van der Waals surface area contributed by atoms with Crippen molar-refractivity contribution in [3.63, 3.8) is 0 Å². The summed E-state index contributed by atoms with van der Waals surface area (Å²) in [5.41, 5.74) is 6.01. The molecule has 3 N–H and O–H groups in total. The third-order valence-electron chi connectivity index (χ3n) is 3.20. The van der Waals surface area contributed by atoms with E-state index in [-0.39, 0.29) is 19.0 Å². The van der Waals surface area contributed by atoms with Gasteiger partial charge in [-0.25, -0.2) is 9.48 Å². The van der Waals surface area contributed by atoms with Crippen molar-refractivity contribution in [3.05, 3.63) is 11.9 Å². The molecule has 19 heavy (non-hydrogen) atoms. The molecule has 1 aromatic heterocycles. The fourth-order valence-corrected chi connectivity index (χ4v) is 2.23. The molecule has 0 aromatic carbocycles. The van der Waals surface area contributed by atoms with E-state index in [4.69, 9.17) is 10.8 Å². The van der Waals surface area contributed by atoms with Gasteiger partial charge in [0.15, 0.2) is 0 Å². The first-order chi connectivity index (χ1) is 9.11. The highest BCUT2D eigenvalue weighted by Crippen LogP contribution is 2.17. The average Bonchev–Trinajstić information content (AvgIpc) is 2.86. The molecule has 1 aliphatic rings. The van der Waals surface area contributed by atoms with Gasteiger partial charge in [0.25, 0.3) is 0 Å². The minimum atomic E-state index is -0.950. The Labute approximate surface area is 110 Å². The number of nitrogens with zero attached hydrogens (tertiary/aromatic N) is 4. The summed E-state index contributed by atoms with van der Waals surface area (Å²) in [5, 5.41) is 16.7. The van der Waals surface area contributed by atoms with Crippen LogP contribution in [0, 0.1) is 0 Å². The van der Waals surface area contributed by atoms with E-state index in [1.165, 1.54) is 9.58 Å². The average molecular weight is 267 g/mol. The summed E-state index contributed by atoms with van der Waals surface area (Å²) in [6.45, 7) is 0.737. The van der Waals surface area contributed by atoms with Gasteiger partial charge in [0.2, 0.25) is 5.91 Å². The first kappa shape index (κ1) is 13.5. The van der Waals surface area contributed by atoms with Crippen LogP contribution in [0.2, 0.25) is 0 Å². The fraction of sp³-hybridized carbons (Fsp3) is 0.636. The van der Waals surface area contributed by atoms with Crippen LogP contribution >= 0.6 is 0 Å². The largest absolute Gasteiger partial charge is 0.480 e. The van der Waals surface area contributed by atoms with Gasteiger partial charge in [0.1, 0.15) is 12.6 Å². The number of hydrogen-bond acceptors (Lipinski definition) is 5. The molecular formula is C11H17N5O3. The van der Waals surface area contributed by atoms with Crippen molar-refractivity contribution in [3.8, 4) is 0 Å². The lowest BCUT2D eigenvalue weighted by Gasteiger charge is -2.32. The summed E-state index contributed by atoms with van der Waals surface area (Å²) in [4.78, 5) is 24.7. The monoisotopic (exact) mass is 267 g/mol. The quantitative estimate of drug-likeness (QED) is 0.738. The zero-order valence-corrected chi connectivity index (χ0v) is 10.5. The van der Waals surface area contributed by atoms with Crippen LogP contribution < -0.4 is 5.73 Å². The molecule has 1 atom stereocenters. The maximum absolute atomic E-state index is 12.1. The number of carboxylic acids is 1. The molecule has 0 unspecified atom stereocenters. The molecule has 0 saturated carbocycles. The summed E-state index contributed by atoms with van der Waals surface area (Å²) in [5.74, 6) is -1.20. The number of carboxylic acid groups (broad SMARTS) is 1. The Kier molecular flexibility index (Phi) is 4.10. The maximum atomic E-state index is 12.1. The number of nitrogens with two attached hydrogens (primary N) is 1. The number of piperidine rings is 1. The normalized spacial score (nSPS) is 19.4. The van der Waals surface area contributed by atoms with E-state index in [1.807, 2.05) is 0 Å². The molecular weight excluding hydrogens is 250 g/mol. The molecule has 1 amide bonds.